The lowest BCUT2D eigenvalue weighted by Crippen LogP contribution is -2.39. The fraction of sp³-hybridized carbons (Fsp3) is 0.278. The third-order valence-corrected chi connectivity index (χ3v) is 3.37. The molecule has 3 heteroatoms. The third kappa shape index (κ3) is 4.35. The lowest BCUT2D eigenvalue weighted by atomic mass is 9.86. The minimum absolute atomic E-state index is 0.439. The summed E-state index contributed by atoms with van der Waals surface area (Å²) in [4.78, 5) is 11.0. The maximum absolute atomic E-state index is 11.0. The molecule has 21 heavy (non-hydrogen) atoms. The average Bonchev–Trinajstić information content (AvgIpc) is 2.47. The second kappa shape index (κ2) is 6.44. The monoisotopic (exact) mass is 283 g/mol. The molecule has 110 valence electrons. The van der Waals surface area contributed by atoms with Gasteiger partial charge >= 0.3 is 0 Å². The van der Waals surface area contributed by atoms with E-state index in [1.54, 1.807) is 13.8 Å². The van der Waals surface area contributed by atoms with Gasteiger partial charge in [-0.2, -0.15) is 0 Å². The van der Waals surface area contributed by atoms with Crippen molar-refractivity contribution in [2.75, 3.05) is 0 Å². The van der Waals surface area contributed by atoms with Gasteiger partial charge in [0, 0.05) is 11.4 Å². The summed E-state index contributed by atoms with van der Waals surface area (Å²) < 4.78 is 5.70. The number of carboxylic acid groups (broad SMARTS) is 1. The van der Waals surface area contributed by atoms with Gasteiger partial charge in [-0.25, -0.2) is 0 Å². The Bertz CT molecular complexity index is 586. The minimum Gasteiger partial charge on any atom is -0.550 e. The van der Waals surface area contributed by atoms with Crippen molar-refractivity contribution in [2.45, 2.75) is 26.9 Å². The van der Waals surface area contributed by atoms with Crippen molar-refractivity contribution < 1.29 is 14.6 Å². The predicted molar refractivity (Wildman–Crippen MR) is 79.7 cm³/mol. The first-order valence-corrected chi connectivity index (χ1v) is 6.94. The molecule has 2 aromatic rings. The molecular weight excluding hydrogens is 264 g/mol. The molecule has 0 saturated heterocycles. The van der Waals surface area contributed by atoms with E-state index in [-0.39, 0.29) is 0 Å². The van der Waals surface area contributed by atoms with E-state index in [0.29, 0.717) is 13.0 Å². The molecule has 0 saturated carbocycles. The highest BCUT2D eigenvalue weighted by Crippen LogP contribution is 2.23. The van der Waals surface area contributed by atoms with E-state index < -0.39 is 11.4 Å². The van der Waals surface area contributed by atoms with Gasteiger partial charge in [0.1, 0.15) is 12.4 Å². The van der Waals surface area contributed by atoms with Crippen molar-refractivity contribution in [2.24, 2.45) is 5.41 Å². The van der Waals surface area contributed by atoms with Crippen molar-refractivity contribution in [1.82, 2.24) is 0 Å². The summed E-state index contributed by atoms with van der Waals surface area (Å²) in [5.74, 6) is -0.263. The second-order valence-electron chi connectivity index (χ2n) is 5.77. The molecule has 0 unspecified atom stereocenters. The van der Waals surface area contributed by atoms with Gasteiger partial charge in [0.15, 0.2) is 0 Å². The van der Waals surface area contributed by atoms with Crippen molar-refractivity contribution >= 4 is 5.97 Å². The molecule has 0 spiro atoms. The smallest absolute Gasteiger partial charge is 0.119 e. The normalized spacial score (nSPS) is 11.1. The summed E-state index contributed by atoms with van der Waals surface area (Å²) in [5, 5.41) is 11.0. The van der Waals surface area contributed by atoms with Crippen LogP contribution in [0.1, 0.15) is 25.0 Å². The zero-order chi connectivity index (χ0) is 15.3. The Morgan fingerprint density at radius 3 is 2.19 bits per heavy atom. The fourth-order valence-corrected chi connectivity index (χ4v) is 2.03. The van der Waals surface area contributed by atoms with E-state index in [1.807, 2.05) is 54.6 Å². The topological polar surface area (TPSA) is 49.4 Å². The Hall–Kier alpha value is -2.29. The first kappa shape index (κ1) is 15.1. The van der Waals surface area contributed by atoms with Crippen LogP contribution in [0.15, 0.2) is 54.6 Å². The van der Waals surface area contributed by atoms with Crippen molar-refractivity contribution in [1.29, 1.82) is 0 Å². The Labute approximate surface area is 125 Å². The molecule has 0 heterocycles. The molecule has 2 aromatic carbocycles. The molecule has 0 aliphatic rings. The number of aliphatic carboxylic acids is 1. The second-order valence-corrected chi connectivity index (χ2v) is 5.77. The number of ether oxygens (including phenoxy) is 1. The van der Waals surface area contributed by atoms with Crippen LogP contribution in [0.3, 0.4) is 0 Å². The van der Waals surface area contributed by atoms with Crippen molar-refractivity contribution in [3.8, 4) is 5.75 Å². The number of hydrogen-bond donors (Lipinski definition) is 0. The number of carbonyl (C=O) groups is 1. The Morgan fingerprint density at radius 2 is 1.62 bits per heavy atom. The SMILES string of the molecule is CC(C)(Cc1ccc(OCc2ccccc2)cc1)C(=O)[O-]. The molecule has 3 nitrogen and oxygen atoms in total. The van der Waals surface area contributed by atoms with Gasteiger partial charge in [-0.15, -0.1) is 0 Å². The molecule has 0 aromatic heterocycles. The average molecular weight is 283 g/mol. The highest BCUT2D eigenvalue weighted by molar-refractivity contribution is 5.71. The quantitative estimate of drug-likeness (QED) is 0.818. The van der Waals surface area contributed by atoms with Crippen LogP contribution < -0.4 is 9.84 Å². The van der Waals surface area contributed by atoms with Crippen LogP contribution in [0.2, 0.25) is 0 Å². The molecule has 0 aliphatic carbocycles. The van der Waals surface area contributed by atoms with Gasteiger partial charge in [-0.3, -0.25) is 0 Å². The summed E-state index contributed by atoms with van der Waals surface area (Å²) in [6, 6.07) is 17.5. The largest absolute Gasteiger partial charge is 0.550 e. The summed E-state index contributed by atoms with van der Waals surface area (Å²) in [7, 11) is 0. The van der Waals surface area contributed by atoms with E-state index >= 15 is 0 Å². The summed E-state index contributed by atoms with van der Waals surface area (Å²) in [5.41, 5.74) is 1.20. The molecule has 0 atom stereocenters. The number of rotatable bonds is 6. The van der Waals surface area contributed by atoms with E-state index in [1.165, 1.54) is 0 Å². The van der Waals surface area contributed by atoms with Crippen LogP contribution in [0, 0.1) is 5.41 Å². The standard InChI is InChI=1S/C18H20O3/c1-18(2,17(19)20)12-14-8-10-16(11-9-14)21-13-15-6-4-3-5-7-15/h3-11H,12-13H2,1-2H3,(H,19,20)/p-1. The van der Waals surface area contributed by atoms with Crippen LogP contribution in [0.25, 0.3) is 0 Å². The highest BCUT2D eigenvalue weighted by Gasteiger charge is 2.19. The van der Waals surface area contributed by atoms with E-state index in [4.69, 9.17) is 4.74 Å². The lowest BCUT2D eigenvalue weighted by Gasteiger charge is -2.25. The number of carbonyl (C=O) groups excluding carboxylic acids is 1. The molecule has 0 aliphatic heterocycles. The molecule has 0 amide bonds. The fourth-order valence-electron chi connectivity index (χ4n) is 2.03. The molecule has 2 rings (SSSR count). The molecular formula is C18H19O3-. The summed E-state index contributed by atoms with van der Waals surface area (Å²) in [6.07, 6.45) is 0.439. The Balaban J connectivity index is 1.95. The lowest BCUT2D eigenvalue weighted by molar-refractivity contribution is -0.317. The molecule has 0 N–H and O–H groups in total. The zero-order valence-corrected chi connectivity index (χ0v) is 12.3. The van der Waals surface area contributed by atoms with Gasteiger partial charge in [0.2, 0.25) is 0 Å². The van der Waals surface area contributed by atoms with Gasteiger partial charge in [0.05, 0.1) is 0 Å². The van der Waals surface area contributed by atoms with Crippen LogP contribution in [0.4, 0.5) is 0 Å². The van der Waals surface area contributed by atoms with E-state index in [0.717, 1.165) is 16.9 Å². The van der Waals surface area contributed by atoms with E-state index in [9.17, 15) is 9.90 Å². The zero-order valence-electron chi connectivity index (χ0n) is 12.3. The summed E-state index contributed by atoms with van der Waals surface area (Å²) in [6.45, 7) is 3.86. The van der Waals surface area contributed by atoms with Gasteiger partial charge in [-0.1, -0.05) is 56.3 Å². The first-order chi connectivity index (χ1) is 9.97. The van der Waals surface area contributed by atoms with Gasteiger partial charge in [-0.05, 0) is 29.7 Å². The maximum Gasteiger partial charge on any atom is 0.119 e. The summed E-state index contributed by atoms with van der Waals surface area (Å²) >= 11 is 0. The first-order valence-electron chi connectivity index (χ1n) is 6.94. The molecule has 0 radical (unpaired) electrons. The van der Waals surface area contributed by atoms with Gasteiger partial charge < -0.3 is 14.6 Å². The number of hydrogen-bond acceptors (Lipinski definition) is 3. The predicted octanol–water partition coefficient (Wildman–Crippen LogP) is 2.58. The Kier molecular flexibility index (Phi) is 4.63. The highest BCUT2D eigenvalue weighted by atomic mass is 16.5. The van der Waals surface area contributed by atoms with Crippen LogP contribution in [-0.2, 0) is 17.8 Å². The number of carboxylic acids is 1. The molecule has 0 bridgehead atoms. The minimum atomic E-state index is -1.04. The number of benzene rings is 2. The maximum atomic E-state index is 11.0. The van der Waals surface area contributed by atoms with Crippen molar-refractivity contribution in [3.63, 3.8) is 0 Å². The van der Waals surface area contributed by atoms with Crippen LogP contribution in [0.5, 0.6) is 5.75 Å². The molecule has 0 fully saturated rings. The van der Waals surface area contributed by atoms with Gasteiger partial charge in [0.25, 0.3) is 0 Å². The van der Waals surface area contributed by atoms with Crippen LogP contribution >= 0.6 is 0 Å². The Morgan fingerprint density at radius 1 is 1.00 bits per heavy atom. The third-order valence-electron chi connectivity index (χ3n) is 3.37. The van der Waals surface area contributed by atoms with Crippen LogP contribution in [-0.4, -0.2) is 5.97 Å². The van der Waals surface area contributed by atoms with Crippen molar-refractivity contribution in [3.05, 3.63) is 65.7 Å². The van der Waals surface area contributed by atoms with E-state index in [2.05, 4.69) is 0 Å².